The molecule has 10 heteroatoms. The third kappa shape index (κ3) is 4.65. The number of rotatable bonds is 5. The van der Waals surface area contributed by atoms with Crippen LogP contribution in [0.2, 0.25) is 0 Å². The molecule has 0 fully saturated rings. The smallest absolute Gasteiger partial charge is 0.332 e. The molecule has 7 nitrogen and oxygen atoms in total. The van der Waals surface area contributed by atoms with Crippen LogP contribution in [0.3, 0.4) is 0 Å². The molecule has 1 aromatic carbocycles. The summed E-state index contributed by atoms with van der Waals surface area (Å²) in [6.07, 6.45) is -2.49. The van der Waals surface area contributed by atoms with Crippen LogP contribution in [0.5, 0.6) is 0 Å². The number of nitrogens with zero attached hydrogens (tertiary/aromatic N) is 4. The molecule has 0 aliphatic heterocycles. The Morgan fingerprint density at radius 3 is 2.40 bits per heavy atom. The lowest BCUT2D eigenvalue weighted by Crippen LogP contribution is -2.35. The van der Waals surface area contributed by atoms with E-state index in [9.17, 15) is 22.8 Å². The summed E-state index contributed by atoms with van der Waals surface area (Å²) in [5.74, 6) is -0.676. The normalized spacial score (nSPS) is 11.2. The van der Waals surface area contributed by atoms with Gasteiger partial charge in [-0.05, 0) is 31.2 Å². The lowest BCUT2D eigenvalue weighted by atomic mass is 10.2. The number of para-hydroxylation sites is 1. The van der Waals surface area contributed by atoms with Crippen LogP contribution in [0.15, 0.2) is 54.9 Å². The summed E-state index contributed by atoms with van der Waals surface area (Å²) < 4.78 is 39.4. The van der Waals surface area contributed by atoms with Gasteiger partial charge in [-0.3, -0.25) is 9.59 Å². The summed E-state index contributed by atoms with van der Waals surface area (Å²) in [5, 5.41) is 6.74. The third-order valence-electron chi connectivity index (χ3n) is 4.32. The molecular weight excluding hydrogens is 399 g/mol. The van der Waals surface area contributed by atoms with E-state index in [0.29, 0.717) is 17.6 Å². The van der Waals surface area contributed by atoms with Gasteiger partial charge in [-0.15, -0.1) is 0 Å². The van der Waals surface area contributed by atoms with Crippen molar-refractivity contribution in [3.8, 4) is 5.82 Å². The van der Waals surface area contributed by atoms with E-state index in [0.717, 1.165) is 6.07 Å². The van der Waals surface area contributed by atoms with Gasteiger partial charge >= 0.3 is 6.18 Å². The van der Waals surface area contributed by atoms with Crippen LogP contribution < -0.4 is 5.32 Å². The Morgan fingerprint density at radius 2 is 1.80 bits per heavy atom. The quantitative estimate of drug-likeness (QED) is 0.691. The maximum absolute atomic E-state index is 12.7. The molecule has 2 aromatic heterocycles. The summed E-state index contributed by atoms with van der Waals surface area (Å²) in [4.78, 5) is 29.9. The Balaban J connectivity index is 1.71. The van der Waals surface area contributed by atoms with Crippen LogP contribution in [0, 0.1) is 6.92 Å². The molecule has 3 rings (SSSR count). The first kappa shape index (κ1) is 21.0. The monoisotopic (exact) mass is 417 g/mol. The van der Waals surface area contributed by atoms with E-state index in [4.69, 9.17) is 0 Å². The minimum atomic E-state index is -4.49. The first-order chi connectivity index (χ1) is 14.2. The van der Waals surface area contributed by atoms with Crippen molar-refractivity contribution in [2.45, 2.75) is 13.1 Å². The average molecular weight is 417 g/mol. The molecular formula is C20H18F3N5O2. The Labute approximate surface area is 170 Å². The first-order valence-electron chi connectivity index (χ1n) is 8.85. The molecule has 0 aliphatic rings. The number of carbonyl (C=O) groups is 2. The number of benzene rings is 1. The molecule has 30 heavy (non-hydrogen) atoms. The molecule has 2 amide bonds. The van der Waals surface area contributed by atoms with Gasteiger partial charge in [0.2, 0.25) is 5.91 Å². The molecule has 2 heterocycles. The number of halogens is 3. The summed E-state index contributed by atoms with van der Waals surface area (Å²) in [7, 11) is 1.47. The predicted octanol–water partition coefficient (Wildman–Crippen LogP) is 3.31. The van der Waals surface area contributed by atoms with Gasteiger partial charge in [-0.1, -0.05) is 18.2 Å². The highest BCUT2D eigenvalue weighted by molar-refractivity contribution is 5.99. The summed E-state index contributed by atoms with van der Waals surface area (Å²) >= 11 is 0. The molecule has 0 aliphatic carbocycles. The van der Waals surface area contributed by atoms with E-state index >= 15 is 0 Å². The van der Waals surface area contributed by atoms with Crippen molar-refractivity contribution in [2.75, 3.05) is 18.9 Å². The number of pyridine rings is 1. The van der Waals surface area contributed by atoms with Gasteiger partial charge in [-0.2, -0.15) is 18.3 Å². The highest BCUT2D eigenvalue weighted by Crippen LogP contribution is 2.28. The molecule has 0 saturated carbocycles. The van der Waals surface area contributed by atoms with Crippen LogP contribution >= 0.6 is 0 Å². The highest BCUT2D eigenvalue weighted by atomic mass is 19.4. The van der Waals surface area contributed by atoms with E-state index in [1.54, 1.807) is 31.2 Å². The minimum Gasteiger partial charge on any atom is -0.332 e. The fourth-order valence-corrected chi connectivity index (χ4v) is 2.74. The fraction of sp³-hybridized carbons (Fsp3) is 0.200. The lowest BCUT2D eigenvalue weighted by molar-refractivity contribution is -0.137. The van der Waals surface area contributed by atoms with Gasteiger partial charge in [-0.25, -0.2) is 9.67 Å². The fourth-order valence-electron chi connectivity index (χ4n) is 2.74. The molecule has 0 unspecified atom stereocenters. The zero-order valence-electron chi connectivity index (χ0n) is 16.1. The van der Waals surface area contributed by atoms with Crippen LogP contribution in [-0.2, 0) is 11.0 Å². The van der Waals surface area contributed by atoms with Crippen molar-refractivity contribution in [1.29, 1.82) is 0 Å². The molecule has 0 spiro atoms. The summed E-state index contributed by atoms with van der Waals surface area (Å²) in [6.45, 7) is 1.41. The molecule has 3 aromatic rings. The van der Waals surface area contributed by atoms with Crippen molar-refractivity contribution in [3.05, 3.63) is 71.7 Å². The number of alkyl halides is 3. The van der Waals surface area contributed by atoms with Gasteiger partial charge in [0.25, 0.3) is 5.91 Å². The number of likely N-dealkylation sites (N-methyl/N-ethyl adjacent to an activating group) is 1. The van der Waals surface area contributed by atoms with Gasteiger partial charge < -0.3 is 10.2 Å². The molecule has 1 N–H and O–H groups in total. The number of carbonyl (C=O) groups excluding carboxylic acids is 2. The van der Waals surface area contributed by atoms with Crippen molar-refractivity contribution in [3.63, 3.8) is 0 Å². The van der Waals surface area contributed by atoms with Crippen molar-refractivity contribution in [2.24, 2.45) is 0 Å². The Hall–Kier alpha value is -3.69. The van der Waals surface area contributed by atoms with Crippen LogP contribution in [0.4, 0.5) is 18.9 Å². The molecule has 0 bridgehead atoms. The number of anilines is 1. The van der Waals surface area contributed by atoms with Crippen LogP contribution in [0.25, 0.3) is 5.82 Å². The van der Waals surface area contributed by atoms with Crippen molar-refractivity contribution in [1.82, 2.24) is 19.7 Å². The molecule has 0 saturated heterocycles. The topological polar surface area (TPSA) is 80.1 Å². The number of aromatic nitrogens is 3. The third-order valence-corrected chi connectivity index (χ3v) is 4.32. The highest BCUT2D eigenvalue weighted by Gasteiger charge is 2.31. The van der Waals surface area contributed by atoms with Gasteiger partial charge in [0, 0.05) is 18.9 Å². The van der Waals surface area contributed by atoms with E-state index < -0.39 is 17.6 Å². The number of amides is 2. The largest absolute Gasteiger partial charge is 0.417 e. The number of hydrogen-bond acceptors (Lipinski definition) is 4. The zero-order valence-corrected chi connectivity index (χ0v) is 16.1. The Morgan fingerprint density at radius 1 is 1.10 bits per heavy atom. The van der Waals surface area contributed by atoms with E-state index in [-0.39, 0.29) is 23.8 Å². The van der Waals surface area contributed by atoms with Gasteiger partial charge in [0.05, 0.1) is 29.6 Å². The van der Waals surface area contributed by atoms with Crippen molar-refractivity contribution >= 4 is 17.5 Å². The second-order valence-corrected chi connectivity index (χ2v) is 6.53. The molecule has 0 radical (unpaired) electrons. The maximum Gasteiger partial charge on any atom is 0.417 e. The van der Waals surface area contributed by atoms with Crippen molar-refractivity contribution < 1.29 is 22.8 Å². The Bertz CT molecular complexity index is 1050. The van der Waals surface area contributed by atoms with E-state index in [1.165, 1.54) is 28.9 Å². The average Bonchev–Trinajstić information content (AvgIpc) is 3.08. The van der Waals surface area contributed by atoms with Gasteiger partial charge in [0.1, 0.15) is 0 Å². The predicted molar refractivity (Wildman–Crippen MR) is 103 cm³/mol. The summed E-state index contributed by atoms with van der Waals surface area (Å²) in [6, 6.07) is 10.9. The number of hydrogen-bond donors (Lipinski definition) is 1. The second-order valence-electron chi connectivity index (χ2n) is 6.53. The van der Waals surface area contributed by atoms with E-state index in [2.05, 4.69) is 15.4 Å². The second kappa shape index (κ2) is 8.36. The lowest BCUT2D eigenvalue weighted by Gasteiger charge is -2.16. The summed E-state index contributed by atoms with van der Waals surface area (Å²) in [5.41, 5.74) is 0.339. The first-order valence-corrected chi connectivity index (χ1v) is 8.85. The standard InChI is InChI=1S/C20H18F3N5O2/c1-13-16(11-25-28(13)17-9-8-14(10-24-17)20(21,22)23)19(30)27(2)12-18(29)26-15-6-4-3-5-7-15/h3-11H,12H2,1-2H3,(H,26,29). The van der Waals surface area contributed by atoms with Gasteiger partial charge in [0.15, 0.2) is 5.82 Å². The SMILES string of the molecule is Cc1c(C(=O)N(C)CC(=O)Nc2ccccc2)cnn1-c1ccc(C(F)(F)F)cn1. The molecule has 156 valence electrons. The van der Waals surface area contributed by atoms with Crippen LogP contribution in [-0.4, -0.2) is 45.1 Å². The zero-order chi connectivity index (χ0) is 21.9. The van der Waals surface area contributed by atoms with E-state index in [1.807, 2.05) is 6.07 Å². The number of nitrogens with one attached hydrogen (secondary N) is 1. The minimum absolute atomic E-state index is 0.143. The Kier molecular flexibility index (Phi) is 5.86. The molecule has 0 atom stereocenters. The maximum atomic E-state index is 12.7. The van der Waals surface area contributed by atoms with Crippen LogP contribution in [0.1, 0.15) is 21.6 Å².